The highest BCUT2D eigenvalue weighted by atomic mass is 16.5. The molecule has 3 rings (SSSR count). The molecule has 1 aliphatic carbocycles. The van der Waals surface area contributed by atoms with E-state index < -0.39 is 0 Å². The number of fused-ring (bicyclic) bond motifs is 1. The number of hydrogen-bond acceptors (Lipinski definition) is 3. The van der Waals surface area contributed by atoms with Crippen molar-refractivity contribution in [1.82, 2.24) is 0 Å². The molecule has 0 fully saturated rings. The Balaban J connectivity index is 1.64. The lowest BCUT2D eigenvalue weighted by Crippen LogP contribution is -2.14. The van der Waals surface area contributed by atoms with Gasteiger partial charge in [0.25, 0.3) is 0 Å². The number of ether oxygens (including phenoxy) is 2. The van der Waals surface area contributed by atoms with E-state index in [4.69, 9.17) is 9.47 Å². The predicted octanol–water partition coefficient (Wildman–Crippen LogP) is 3.12. The molecule has 1 atom stereocenters. The second-order valence-electron chi connectivity index (χ2n) is 5.32. The number of aliphatic hydroxyl groups excluding tert-OH is 1. The van der Waals surface area contributed by atoms with E-state index in [1.54, 1.807) is 0 Å². The monoisotopic (exact) mass is 284 g/mol. The molecule has 3 nitrogen and oxygen atoms in total. The fourth-order valence-electron chi connectivity index (χ4n) is 2.54. The Hall–Kier alpha value is -1.84. The van der Waals surface area contributed by atoms with Crippen LogP contribution in [0.1, 0.15) is 18.4 Å². The van der Waals surface area contributed by atoms with Crippen molar-refractivity contribution in [3.05, 3.63) is 71.0 Å². The summed E-state index contributed by atoms with van der Waals surface area (Å²) in [5, 5.41) is 9.27. The Bertz CT molecular complexity index is 569. The van der Waals surface area contributed by atoms with Gasteiger partial charge in [-0.25, -0.2) is 0 Å². The van der Waals surface area contributed by atoms with Crippen molar-refractivity contribution in [1.29, 1.82) is 0 Å². The van der Waals surface area contributed by atoms with Gasteiger partial charge in [0.15, 0.2) is 0 Å². The summed E-state index contributed by atoms with van der Waals surface area (Å²) in [6.07, 6.45) is 7.88. The standard InChI is InChI=1S/C18H20O3/c19-12-15-8-9-20-18-11-17(7-6-16(18)10-15)21-13-14-4-2-1-3-5-14/h1-6,10-11,17,19H,7-9,12-13H2. The third-order valence-corrected chi connectivity index (χ3v) is 3.74. The molecule has 1 heterocycles. The SMILES string of the molecule is OCC1=CC2=CCC(OCc3ccccc3)C=C2OCC1. The number of benzene rings is 1. The van der Waals surface area contributed by atoms with Crippen LogP contribution in [-0.4, -0.2) is 24.4 Å². The number of rotatable bonds is 4. The lowest BCUT2D eigenvalue weighted by atomic mass is 10.0. The average molecular weight is 284 g/mol. The predicted molar refractivity (Wildman–Crippen MR) is 81.5 cm³/mol. The van der Waals surface area contributed by atoms with Gasteiger partial charge in [0.2, 0.25) is 0 Å². The summed E-state index contributed by atoms with van der Waals surface area (Å²) >= 11 is 0. The summed E-state index contributed by atoms with van der Waals surface area (Å²) in [7, 11) is 0. The minimum Gasteiger partial charge on any atom is -0.493 e. The van der Waals surface area contributed by atoms with E-state index in [2.05, 4.69) is 24.3 Å². The van der Waals surface area contributed by atoms with Crippen LogP contribution in [0.2, 0.25) is 0 Å². The minimum absolute atomic E-state index is 0.0491. The molecule has 1 aromatic rings. The molecule has 1 N–H and O–H groups in total. The summed E-state index contributed by atoms with van der Waals surface area (Å²) in [5.74, 6) is 0.878. The zero-order valence-corrected chi connectivity index (χ0v) is 12.0. The van der Waals surface area contributed by atoms with Gasteiger partial charge >= 0.3 is 0 Å². The molecule has 0 aromatic heterocycles. The van der Waals surface area contributed by atoms with Gasteiger partial charge in [0, 0.05) is 12.0 Å². The van der Waals surface area contributed by atoms with Gasteiger partial charge in [-0.05, 0) is 29.7 Å². The van der Waals surface area contributed by atoms with Crippen molar-refractivity contribution in [2.24, 2.45) is 0 Å². The molecule has 1 unspecified atom stereocenters. The van der Waals surface area contributed by atoms with Gasteiger partial charge in [-0.15, -0.1) is 0 Å². The van der Waals surface area contributed by atoms with E-state index in [9.17, 15) is 5.11 Å². The second-order valence-corrected chi connectivity index (χ2v) is 5.32. The normalized spacial score (nSPS) is 21.4. The molecule has 0 amide bonds. The van der Waals surface area contributed by atoms with Gasteiger partial charge in [0.1, 0.15) is 5.76 Å². The van der Waals surface area contributed by atoms with Gasteiger partial charge < -0.3 is 14.6 Å². The Morgan fingerprint density at radius 3 is 2.90 bits per heavy atom. The Labute approximate surface area is 125 Å². The zero-order valence-electron chi connectivity index (χ0n) is 12.0. The zero-order chi connectivity index (χ0) is 14.5. The van der Waals surface area contributed by atoms with Gasteiger partial charge in [-0.1, -0.05) is 36.4 Å². The van der Waals surface area contributed by atoms with E-state index in [-0.39, 0.29) is 12.7 Å². The number of aliphatic hydroxyl groups is 1. The minimum atomic E-state index is 0.0491. The largest absolute Gasteiger partial charge is 0.493 e. The Morgan fingerprint density at radius 1 is 1.24 bits per heavy atom. The van der Waals surface area contributed by atoms with Crippen molar-refractivity contribution in [2.45, 2.75) is 25.6 Å². The van der Waals surface area contributed by atoms with Gasteiger partial charge in [-0.2, -0.15) is 0 Å². The number of allylic oxidation sites excluding steroid dienone is 1. The fraction of sp³-hybridized carbons (Fsp3) is 0.333. The van der Waals surface area contributed by atoms with E-state index in [0.717, 1.165) is 29.7 Å². The van der Waals surface area contributed by atoms with Crippen LogP contribution in [0.4, 0.5) is 0 Å². The molecule has 1 aliphatic heterocycles. The molecule has 110 valence electrons. The molecule has 1 aromatic carbocycles. The van der Waals surface area contributed by atoms with Gasteiger partial charge in [0.05, 0.1) is 25.9 Å². The van der Waals surface area contributed by atoms with E-state index in [0.29, 0.717) is 13.2 Å². The van der Waals surface area contributed by atoms with Crippen LogP contribution >= 0.6 is 0 Å². The first kappa shape index (κ1) is 14.1. The first-order valence-electron chi connectivity index (χ1n) is 7.36. The maximum atomic E-state index is 9.27. The summed E-state index contributed by atoms with van der Waals surface area (Å²) in [4.78, 5) is 0. The highest BCUT2D eigenvalue weighted by Crippen LogP contribution is 2.27. The lowest BCUT2D eigenvalue weighted by Gasteiger charge is -2.20. The average Bonchev–Trinajstić information content (AvgIpc) is 2.75. The van der Waals surface area contributed by atoms with E-state index in [1.165, 1.54) is 5.56 Å². The Kier molecular flexibility index (Phi) is 4.53. The van der Waals surface area contributed by atoms with Crippen LogP contribution in [0.25, 0.3) is 0 Å². The molecule has 0 bridgehead atoms. The van der Waals surface area contributed by atoms with E-state index in [1.807, 2.05) is 24.3 Å². The molecular weight excluding hydrogens is 264 g/mol. The lowest BCUT2D eigenvalue weighted by molar-refractivity contribution is 0.0684. The van der Waals surface area contributed by atoms with Crippen LogP contribution in [0.15, 0.2) is 65.5 Å². The van der Waals surface area contributed by atoms with Crippen LogP contribution in [0.5, 0.6) is 0 Å². The summed E-state index contributed by atoms with van der Waals surface area (Å²) < 4.78 is 11.7. The maximum Gasteiger partial charge on any atom is 0.124 e. The van der Waals surface area contributed by atoms with E-state index >= 15 is 0 Å². The quantitative estimate of drug-likeness (QED) is 0.923. The molecule has 0 saturated carbocycles. The smallest absolute Gasteiger partial charge is 0.124 e. The van der Waals surface area contributed by atoms with Crippen LogP contribution in [0, 0.1) is 0 Å². The van der Waals surface area contributed by atoms with Crippen LogP contribution in [-0.2, 0) is 16.1 Å². The van der Waals surface area contributed by atoms with Crippen molar-refractivity contribution in [3.8, 4) is 0 Å². The molecule has 3 heteroatoms. The van der Waals surface area contributed by atoms with Crippen LogP contribution in [0.3, 0.4) is 0 Å². The fourth-order valence-corrected chi connectivity index (χ4v) is 2.54. The van der Waals surface area contributed by atoms with Crippen molar-refractivity contribution >= 4 is 0 Å². The van der Waals surface area contributed by atoms with Crippen molar-refractivity contribution in [3.63, 3.8) is 0 Å². The molecule has 0 saturated heterocycles. The van der Waals surface area contributed by atoms with Gasteiger partial charge in [-0.3, -0.25) is 0 Å². The summed E-state index contributed by atoms with van der Waals surface area (Å²) in [5.41, 5.74) is 3.26. The molecule has 2 aliphatic rings. The highest BCUT2D eigenvalue weighted by Gasteiger charge is 2.19. The van der Waals surface area contributed by atoms with Crippen molar-refractivity contribution < 1.29 is 14.6 Å². The third-order valence-electron chi connectivity index (χ3n) is 3.74. The molecular formula is C18H20O3. The number of hydrogen-bond donors (Lipinski definition) is 1. The Morgan fingerprint density at radius 2 is 2.10 bits per heavy atom. The summed E-state index contributed by atoms with van der Waals surface area (Å²) in [6.45, 7) is 1.32. The van der Waals surface area contributed by atoms with Crippen molar-refractivity contribution in [2.75, 3.05) is 13.2 Å². The molecule has 21 heavy (non-hydrogen) atoms. The van der Waals surface area contributed by atoms with Crippen LogP contribution < -0.4 is 0 Å². The highest BCUT2D eigenvalue weighted by molar-refractivity contribution is 5.42. The third kappa shape index (κ3) is 3.63. The molecule has 0 spiro atoms. The topological polar surface area (TPSA) is 38.7 Å². The first-order chi connectivity index (χ1) is 10.3. The summed E-state index contributed by atoms with van der Waals surface area (Å²) in [6, 6.07) is 10.2. The second kappa shape index (κ2) is 6.74. The maximum absolute atomic E-state index is 9.27. The first-order valence-corrected chi connectivity index (χ1v) is 7.36. The molecule has 0 radical (unpaired) electrons.